The van der Waals surface area contributed by atoms with Crippen molar-refractivity contribution in [3.05, 3.63) is 48.0 Å². The topological polar surface area (TPSA) is 26.3 Å². The molecule has 1 aromatic carbocycles. The largest absolute Gasteiger partial charge is 0.465 e. The van der Waals surface area contributed by atoms with Crippen LogP contribution in [0.15, 0.2) is 42.5 Å². The number of carbonyl (C=O) groups excluding carboxylic acids is 1. The Morgan fingerprint density at radius 3 is 2.81 bits per heavy atom. The third-order valence-corrected chi connectivity index (χ3v) is 3.57. The quantitative estimate of drug-likeness (QED) is 0.530. The van der Waals surface area contributed by atoms with E-state index in [9.17, 15) is 4.79 Å². The van der Waals surface area contributed by atoms with Gasteiger partial charge in [0.15, 0.2) is 0 Å². The van der Waals surface area contributed by atoms with E-state index < -0.39 is 0 Å². The second-order valence-corrected chi connectivity index (χ2v) is 4.52. The molecule has 0 spiro atoms. The van der Waals surface area contributed by atoms with E-state index >= 15 is 0 Å². The summed E-state index contributed by atoms with van der Waals surface area (Å²) in [6.07, 6.45) is 5.31. The maximum atomic E-state index is 11.7. The minimum Gasteiger partial charge on any atom is -0.465 e. The fraction of sp³-hybridized carbons (Fsp3) is 0.357. The number of cyclic esters (lactones) is 1. The normalized spacial score (nSPS) is 32.2. The first kappa shape index (κ1) is 9.64. The molecule has 1 saturated heterocycles. The van der Waals surface area contributed by atoms with Gasteiger partial charge in [-0.3, -0.25) is 4.79 Å². The highest BCUT2D eigenvalue weighted by molar-refractivity contribution is 5.77. The standard InChI is InChI=1S/C14H14O2/c15-14-13-11(9-16-14)7-4-8-12(13)10-5-2-1-3-6-10/h1-6,8,11-13H,7,9H2/t11-,12+,13-/m1/s1. The summed E-state index contributed by atoms with van der Waals surface area (Å²) in [7, 11) is 0. The monoisotopic (exact) mass is 214 g/mol. The number of carbonyl (C=O) groups is 1. The van der Waals surface area contributed by atoms with Crippen LogP contribution in [0.5, 0.6) is 0 Å². The predicted octanol–water partition coefficient (Wildman–Crippen LogP) is 2.52. The molecule has 1 aliphatic heterocycles. The van der Waals surface area contributed by atoms with Crippen LogP contribution in [0.1, 0.15) is 17.9 Å². The van der Waals surface area contributed by atoms with Gasteiger partial charge in [-0.25, -0.2) is 0 Å². The van der Waals surface area contributed by atoms with Crippen molar-refractivity contribution >= 4 is 5.97 Å². The Morgan fingerprint density at radius 1 is 1.19 bits per heavy atom. The van der Waals surface area contributed by atoms with Crippen LogP contribution in [0.3, 0.4) is 0 Å². The molecule has 0 amide bonds. The zero-order valence-electron chi connectivity index (χ0n) is 9.00. The highest BCUT2D eigenvalue weighted by Crippen LogP contribution is 2.41. The van der Waals surface area contributed by atoms with E-state index in [-0.39, 0.29) is 17.8 Å². The van der Waals surface area contributed by atoms with Crippen LogP contribution >= 0.6 is 0 Å². The average molecular weight is 214 g/mol. The molecule has 1 aromatic rings. The molecular formula is C14H14O2. The van der Waals surface area contributed by atoms with E-state index in [0.29, 0.717) is 12.5 Å². The highest BCUT2D eigenvalue weighted by atomic mass is 16.5. The predicted molar refractivity (Wildman–Crippen MR) is 60.9 cm³/mol. The molecule has 16 heavy (non-hydrogen) atoms. The van der Waals surface area contributed by atoms with Gasteiger partial charge in [-0.1, -0.05) is 42.5 Å². The third-order valence-electron chi connectivity index (χ3n) is 3.57. The summed E-state index contributed by atoms with van der Waals surface area (Å²) in [6.45, 7) is 0.594. The molecule has 1 aliphatic carbocycles. The zero-order chi connectivity index (χ0) is 11.0. The smallest absolute Gasteiger partial charge is 0.310 e. The van der Waals surface area contributed by atoms with Gasteiger partial charge in [-0.05, 0) is 12.0 Å². The van der Waals surface area contributed by atoms with Crippen molar-refractivity contribution < 1.29 is 9.53 Å². The summed E-state index contributed by atoms with van der Waals surface area (Å²) in [5.74, 6) is 0.591. The highest BCUT2D eigenvalue weighted by Gasteiger charge is 2.42. The van der Waals surface area contributed by atoms with Crippen LogP contribution in [0.2, 0.25) is 0 Å². The number of hydrogen-bond donors (Lipinski definition) is 0. The summed E-state index contributed by atoms with van der Waals surface area (Å²) < 4.78 is 5.17. The van der Waals surface area contributed by atoms with E-state index in [1.54, 1.807) is 0 Å². The van der Waals surface area contributed by atoms with Crippen molar-refractivity contribution in [1.29, 1.82) is 0 Å². The molecule has 0 saturated carbocycles. The minimum absolute atomic E-state index is 0.0248. The zero-order valence-corrected chi connectivity index (χ0v) is 9.00. The van der Waals surface area contributed by atoms with Crippen molar-refractivity contribution in [3.63, 3.8) is 0 Å². The first-order valence-corrected chi connectivity index (χ1v) is 5.74. The Hall–Kier alpha value is -1.57. The van der Waals surface area contributed by atoms with Gasteiger partial charge < -0.3 is 4.74 Å². The minimum atomic E-state index is -0.0248. The fourth-order valence-corrected chi connectivity index (χ4v) is 2.75. The third kappa shape index (κ3) is 1.45. The number of benzene rings is 1. The molecule has 3 atom stereocenters. The molecule has 2 aliphatic rings. The van der Waals surface area contributed by atoms with Gasteiger partial charge >= 0.3 is 5.97 Å². The van der Waals surface area contributed by atoms with Crippen LogP contribution in [0.4, 0.5) is 0 Å². The molecule has 0 N–H and O–H groups in total. The van der Waals surface area contributed by atoms with Crippen molar-refractivity contribution in [2.45, 2.75) is 12.3 Å². The van der Waals surface area contributed by atoms with E-state index in [1.165, 1.54) is 5.56 Å². The van der Waals surface area contributed by atoms with Gasteiger partial charge in [0.2, 0.25) is 0 Å². The van der Waals surface area contributed by atoms with E-state index in [1.807, 2.05) is 18.2 Å². The fourth-order valence-electron chi connectivity index (χ4n) is 2.75. The maximum Gasteiger partial charge on any atom is 0.310 e. The number of rotatable bonds is 1. The number of allylic oxidation sites excluding steroid dienone is 2. The average Bonchev–Trinajstić information content (AvgIpc) is 2.73. The number of esters is 1. The molecule has 2 heteroatoms. The van der Waals surface area contributed by atoms with Crippen LogP contribution in [-0.2, 0) is 9.53 Å². The molecule has 0 unspecified atom stereocenters. The van der Waals surface area contributed by atoms with Crippen molar-refractivity contribution in [1.82, 2.24) is 0 Å². The molecule has 3 rings (SSSR count). The molecule has 2 nitrogen and oxygen atoms in total. The lowest BCUT2D eigenvalue weighted by atomic mass is 9.74. The second kappa shape index (κ2) is 3.78. The summed E-state index contributed by atoms with van der Waals surface area (Å²) >= 11 is 0. The Bertz CT molecular complexity index is 422. The molecule has 1 heterocycles. The number of hydrogen-bond acceptors (Lipinski definition) is 2. The van der Waals surface area contributed by atoms with E-state index in [2.05, 4.69) is 24.3 Å². The first-order valence-electron chi connectivity index (χ1n) is 5.74. The van der Waals surface area contributed by atoms with Gasteiger partial charge in [0.1, 0.15) is 0 Å². The Labute approximate surface area is 94.9 Å². The van der Waals surface area contributed by atoms with Crippen LogP contribution in [0, 0.1) is 11.8 Å². The lowest BCUT2D eigenvalue weighted by Gasteiger charge is -2.26. The van der Waals surface area contributed by atoms with Crippen molar-refractivity contribution in [2.24, 2.45) is 11.8 Å². The lowest BCUT2D eigenvalue weighted by Crippen LogP contribution is -2.25. The first-order chi connectivity index (χ1) is 7.86. The van der Waals surface area contributed by atoms with Crippen LogP contribution < -0.4 is 0 Å². The number of fused-ring (bicyclic) bond motifs is 1. The van der Waals surface area contributed by atoms with Gasteiger partial charge in [0, 0.05) is 11.8 Å². The van der Waals surface area contributed by atoms with Crippen molar-refractivity contribution in [3.8, 4) is 0 Å². The molecule has 82 valence electrons. The van der Waals surface area contributed by atoms with Gasteiger partial charge in [0.25, 0.3) is 0 Å². The van der Waals surface area contributed by atoms with Gasteiger partial charge in [0.05, 0.1) is 12.5 Å². The Morgan fingerprint density at radius 2 is 2.00 bits per heavy atom. The summed E-state index contributed by atoms with van der Waals surface area (Å²) in [5.41, 5.74) is 1.22. The number of ether oxygens (including phenoxy) is 1. The van der Waals surface area contributed by atoms with Crippen LogP contribution in [0.25, 0.3) is 0 Å². The van der Waals surface area contributed by atoms with Gasteiger partial charge in [-0.15, -0.1) is 0 Å². The molecular weight excluding hydrogens is 200 g/mol. The maximum absolute atomic E-state index is 11.7. The molecule has 0 aromatic heterocycles. The molecule has 1 fully saturated rings. The molecule has 0 bridgehead atoms. The SMILES string of the molecule is O=C1OC[C@H]2CC=C[C@@H](c3ccccc3)[C@H]12. The van der Waals surface area contributed by atoms with Crippen molar-refractivity contribution in [2.75, 3.05) is 6.61 Å². The summed E-state index contributed by atoms with van der Waals surface area (Å²) in [6, 6.07) is 10.2. The Balaban J connectivity index is 1.97. The van der Waals surface area contributed by atoms with Crippen LogP contribution in [-0.4, -0.2) is 12.6 Å². The Kier molecular flexibility index (Phi) is 2.28. The van der Waals surface area contributed by atoms with Gasteiger partial charge in [-0.2, -0.15) is 0 Å². The van der Waals surface area contributed by atoms with E-state index in [0.717, 1.165) is 6.42 Å². The van der Waals surface area contributed by atoms with E-state index in [4.69, 9.17) is 4.74 Å². The second-order valence-electron chi connectivity index (χ2n) is 4.52. The summed E-state index contributed by atoms with van der Waals surface area (Å²) in [4.78, 5) is 11.7. The molecule has 0 radical (unpaired) electrons. The summed E-state index contributed by atoms with van der Waals surface area (Å²) in [5, 5.41) is 0. The lowest BCUT2D eigenvalue weighted by molar-refractivity contribution is -0.141.